The van der Waals surface area contributed by atoms with E-state index in [-0.39, 0.29) is 11.5 Å². The molecule has 1 N–H and O–H groups in total. The number of amides is 1. The SMILES string of the molecule is COc1ccc(C=CC(=O)Nc2c3c(nn2-c2cccc(C)c2C)CS(=O)(=O)C3)cc1OC. The highest BCUT2D eigenvalue weighted by molar-refractivity contribution is 7.90. The number of methoxy groups -OCH3 is 2. The third-order valence-electron chi connectivity index (χ3n) is 5.67. The molecule has 0 saturated heterocycles. The maximum atomic E-state index is 12.8. The molecule has 33 heavy (non-hydrogen) atoms. The zero-order chi connectivity index (χ0) is 23.8. The summed E-state index contributed by atoms with van der Waals surface area (Å²) >= 11 is 0. The van der Waals surface area contributed by atoms with Crippen molar-refractivity contribution in [3.05, 3.63) is 70.4 Å². The van der Waals surface area contributed by atoms with Crippen molar-refractivity contribution < 1.29 is 22.7 Å². The largest absolute Gasteiger partial charge is 0.493 e. The minimum absolute atomic E-state index is 0.134. The number of hydrogen-bond donors (Lipinski definition) is 1. The first-order valence-corrected chi connectivity index (χ1v) is 12.1. The van der Waals surface area contributed by atoms with E-state index in [9.17, 15) is 13.2 Å². The molecule has 0 radical (unpaired) electrons. The Morgan fingerprint density at radius 1 is 1.09 bits per heavy atom. The molecule has 172 valence electrons. The highest BCUT2D eigenvalue weighted by atomic mass is 32.2. The van der Waals surface area contributed by atoms with E-state index in [4.69, 9.17) is 9.47 Å². The third kappa shape index (κ3) is 4.49. The fourth-order valence-electron chi connectivity index (χ4n) is 3.80. The summed E-state index contributed by atoms with van der Waals surface area (Å²) in [5.74, 6) is 0.835. The van der Waals surface area contributed by atoms with Crippen molar-refractivity contribution in [2.24, 2.45) is 0 Å². The minimum Gasteiger partial charge on any atom is -0.493 e. The quantitative estimate of drug-likeness (QED) is 0.556. The molecule has 1 amide bonds. The van der Waals surface area contributed by atoms with Gasteiger partial charge in [0.15, 0.2) is 21.3 Å². The van der Waals surface area contributed by atoms with Gasteiger partial charge in [0.2, 0.25) is 5.91 Å². The number of anilines is 1. The van der Waals surface area contributed by atoms with Gasteiger partial charge in [-0.05, 0) is 54.8 Å². The van der Waals surface area contributed by atoms with E-state index in [0.29, 0.717) is 28.6 Å². The van der Waals surface area contributed by atoms with Crippen LogP contribution in [0.4, 0.5) is 5.82 Å². The maximum absolute atomic E-state index is 12.8. The molecule has 0 bridgehead atoms. The Bertz CT molecular complexity index is 1370. The van der Waals surface area contributed by atoms with Crippen molar-refractivity contribution >= 4 is 27.6 Å². The molecule has 2 aromatic carbocycles. The Kier molecular flexibility index (Phi) is 5.99. The highest BCUT2D eigenvalue weighted by Crippen LogP contribution is 2.34. The Hall–Kier alpha value is -3.59. The van der Waals surface area contributed by atoms with Crippen LogP contribution in [0.25, 0.3) is 11.8 Å². The van der Waals surface area contributed by atoms with Gasteiger partial charge in [0, 0.05) is 11.6 Å². The summed E-state index contributed by atoms with van der Waals surface area (Å²) in [4.78, 5) is 12.8. The molecule has 0 aliphatic carbocycles. The first kappa shape index (κ1) is 22.6. The van der Waals surface area contributed by atoms with Crippen LogP contribution in [-0.4, -0.2) is 38.3 Å². The molecule has 9 heteroatoms. The molecule has 1 aliphatic rings. The fraction of sp³-hybridized carbons (Fsp3) is 0.250. The molecule has 4 rings (SSSR count). The molecular weight excluding hydrogens is 442 g/mol. The number of hydrogen-bond acceptors (Lipinski definition) is 6. The number of aromatic nitrogens is 2. The molecular formula is C24H25N3O5S. The summed E-state index contributed by atoms with van der Waals surface area (Å²) in [5, 5.41) is 7.39. The first-order valence-electron chi connectivity index (χ1n) is 10.3. The maximum Gasteiger partial charge on any atom is 0.249 e. The lowest BCUT2D eigenvalue weighted by Crippen LogP contribution is -2.15. The average Bonchev–Trinajstić information content (AvgIpc) is 3.26. The van der Waals surface area contributed by atoms with Crippen LogP contribution < -0.4 is 14.8 Å². The Morgan fingerprint density at radius 3 is 2.58 bits per heavy atom. The normalized spacial score (nSPS) is 14.3. The molecule has 0 saturated carbocycles. The molecule has 3 aromatic rings. The molecule has 8 nitrogen and oxygen atoms in total. The number of aryl methyl sites for hydroxylation is 1. The Morgan fingerprint density at radius 2 is 1.85 bits per heavy atom. The number of fused-ring (bicyclic) bond motifs is 1. The zero-order valence-electron chi connectivity index (χ0n) is 18.9. The van der Waals surface area contributed by atoms with Gasteiger partial charge in [-0.3, -0.25) is 4.79 Å². The zero-order valence-corrected chi connectivity index (χ0v) is 19.7. The van der Waals surface area contributed by atoms with Crippen molar-refractivity contribution in [3.8, 4) is 17.2 Å². The molecule has 1 aliphatic heterocycles. The van der Waals surface area contributed by atoms with Gasteiger partial charge < -0.3 is 14.8 Å². The van der Waals surface area contributed by atoms with Crippen LogP contribution in [0.3, 0.4) is 0 Å². The number of rotatable bonds is 6. The van der Waals surface area contributed by atoms with E-state index in [1.165, 1.54) is 6.08 Å². The lowest BCUT2D eigenvalue weighted by molar-refractivity contribution is -0.111. The minimum atomic E-state index is -3.28. The second-order valence-corrected chi connectivity index (χ2v) is 9.94. The predicted molar refractivity (Wildman–Crippen MR) is 127 cm³/mol. The second-order valence-electron chi connectivity index (χ2n) is 7.87. The van der Waals surface area contributed by atoms with E-state index in [0.717, 1.165) is 22.4 Å². The van der Waals surface area contributed by atoms with Gasteiger partial charge in [0.05, 0.1) is 37.1 Å². The smallest absolute Gasteiger partial charge is 0.249 e. The van der Waals surface area contributed by atoms with E-state index < -0.39 is 15.7 Å². The molecule has 0 unspecified atom stereocenters. The van der Waals surface area contributed by atoms with Crippen molar-refractivity contribution in [1.29, 1.82) is 0 Å². The Labute approximate surface area is 192 Å². The third-order valence-corrected chi connectivity index (χ3v) is 7.11. The van der Waals surface area contributed by atoms with Gasteiger partial charge in [-0.2, -0.15) is 5.10 Å². The van der Waals surface area contributed by atoms with Crippen molar-refractivity contribution in [2.75, 3.05) is 19.5 Å². The fourth-order valence-corrected chi connectivity index (χ4v) is 5.29. The summed E-state index contributed by atoms with van der Waals surface area (Å²) in [7, 11) is -0.181. The number of carbonyl (C=O) groups is 1. The lowest BCUT2D eigenvalue weighted by Gasteiger charge is -2.13. The predicted octanol–water partition coefficient (Wildman–Crippen LogP) is 3.59. The monoisotopic (exact) mass is 467 g/mol. The highest BCUT2D eigenvalue weighted by Gasteiger charge is 2.33. The lowest BCUT2D eigenvalue weighted by atomic mass is 10.1. The van der Waals surface area contributed by atoms with Gasteiger partial charge in [-0.1, -0.05) is 18.2 Å². The summed E-state index contributed by atoms with van der Waals surface area (Å²) in [6.45, 7) is 3.96. The molecule has 1 aromatic heterocycles. The summed E-state index contributed by atoms with van der Waals surface area (Å²) < 4.78 is 36.5. The summed E-state index contributed by atoms with van der Waals surface area (Å²) in [6.07, 6.45) is 3.03. The molecule has 0 atom stereocenters. The average molecular weight is 468 g/mol. The van der Waals surface area contributed by atoms with E-state index in [2.05, 4.69) is 10.4 Å². The van der Waals surface area contributed by atoms with Crippen LogP contribution in [0.5, 0.6) is 11.5 Å². The summed E-state index contributed by atoms with van der Waals surface area (Å²) in [5.41, 5.74) is 4.61. The molecule has 2 heterocycles. The van der Waals surface area contributed by atoms with E-state index in [1.807, 2.05) is 32.0 Å². The number of benzene rings is 2. The van der Waals surface area contributed by atoms with Gasteiger partial charge >= 0.3 is 0 Å². The van der Waals surface area contributed by atoms with Gasteiger partial charge in [0.25, 0.3) is 0 Å². The van der Waals surface area contributed by atoms with Crippen LogP contribution in [0, 0.1) is 13.8 Å². The van der Waals surface area contributed by atoms with Crippen LogP contribution in [0.1, 0.15) is 27.9 Å². The van der Waals surface area contributed by atoms with Crippen molar-refractivity contribution in [1.82, 2.24) is 9.78 Å². The van der Waals surface area contributed by atoms with Crippen molar-refractivity contribution in [2.45, 2.75) is 25.4 Å². The van der Waals surface area contributed by atoms with Gasteiger partial charge in [-0.15, -0.1) is 0 Å². The number of ether oxygens (including phenoxy) is 2. The van der Waals surface area contributed by atoms with Crippen LogP contribution in [0.15, 0.2) is 42.5 Å². The molecule has 0 fully saturated rings. The van der Waals surface area contributed by atoms with Gasteiger partial charge in [0.1, 0.15) is 5.82 Å². The number of nitrogens with one attached hydrogen (secondary N) is 1. The topological polar surface area (TPSA) is 99.5 Å². The molecule has 0 spiro atoms. The number of sulfone groups is 1. The van der Waals surface area contributed by atoms with Crippen LogP contribution in [0.2, 0.25) is 0 Å². The standard InChI is InChI=1S/C24H25N3O5S/c1-15-6-5-7-20(16(15)2)27-24(18-13-33(29,30)14-19(18)26-27)25-23(28)11-9-17-8-10-21(31-3)22(12-17)32-4/h5-12H,13-14H2,1-4H3,(H,25,28). The van der Waals surface area contributed by atoms with Crippen molar-refractivity contribution in [3.63, 3.8) is 0 Å². The number of carbonyl (C=O) groups excluding carboxylic acids is 1. The van der Waals surface area contributed by atoms with E-state index >= 15 is 0 Å². The van der Waals surface area contributed by atoms with E-state index in [1.54, 1.807) is 43.2 Å². The van der Waals surface area contributed by atoms with Crippen LogP contribution in [-0.2, 0) is 26.1 Å². The summed E-state index contributed by atoms with van der Waals surface area (Å²) in [6, 6.07) is 11.1. The van der Waals surface area contributed by atoms with Crippen LogP contribution >= 0.6 is 0 Å². The number of nitrogens with zero attached hydrogens (tertiary/aromatic N) is 2. The first-order chi connectivity index (χ1) is 15.7. The van der Waals surface area contributed by atoms with Gasteiger partial charge in [-0.25, -0.2) is 13.1 Å². The second kappa shape index (κ2) is 8.74. The Balaban J connectivity index is 1.67.